The lowest BCUT2D eigenvalue weighted by Gasteiger charge is -2.38. The summed E-state index contributed by atoms with van der Waals surface area (Å²) in [6.07, 6.45) is 3.70. The Balaban J connectivity index is 1.48. The van der Waals surface area contributed by atoms with E-state index in [4.69, 9.17) is 0 Å². The summed E-state index contributed by atoms with van der Waals surface area (Å²) in [5.74, 6) is 0.386. The summed E-state index contributed by atoms with van der Waals surface area (Å²) in [5, 5.41) is 6.63. The van der Waals surface area contributed by atoms with E-state index in [-0.39, 0.29) is 5.82 Å². The first-order chi connectivity index (χ1) is 13.2. The molecule has 2 heterocycles. The van der Waals surface area contributed by atoms with Crippen molar-refractivity contribution in [3.8, 4) is 0 Å². The molecule has 6 heteroatoms. The number of nitrogens with one attached hydrogen (secondary N) is 2. The van der Waals surface area contributed by atoms with Gasteiger partial charge in [-0.2, -0.15) is 0 Å². The number of aliphatic imine (C=N–C) groups is 1. The Hall–Kier alpha value is -2.47. The van der Waals surface area contributed by atoms with E-state index in [1.807, 2.05) is 0 Å². The van der Waals surface area contributed by atoms with E-state index in [9.17, 15) is 4.39 Å². The summed E-state index contributed by atoms with van der Waals surface area (Å²) < 4.78 is 13.7. The van der Waals surface area contributed by atoms with Gasteiger partial charge in [-0.15, -0.1) is 0 Å². The Morgan fingerprint density at radius 1 is 1.26 bits per heavy atom. The monoisotopic (exact) mass is 369 g/mol. The predicted molar refractivity (Wildman–Crippen MR) is 107 cm³/mol. The van der Waals surface area contributed by atoms with Crippen molar-refractivity contribution < 1.29 is 4.39 Å². The highest BCUT2D eigenvalue weighted by Crippen LogP contribution is 2.20. The second kappa shape index (κ2) is 9.46. The molecule has 0 spiro atoms. The van der Waals surface area contributed by atoms with Crippen LogP contribution in [0.2, 0.25) is 0 Å². The molecule has 1 saturated heterocycles. The van der Waals surface area contributed by atoms with Crippen LogP contribution in [0, 0.1) is 5.82 Å². The van der Waals surface area contributed by atoms with Crippen molar-refractivity contribution in [1.29, 1.82) is 0 Å². The fourth-order valence-corrected chi connectivity index (χ4v) is 3.51. The fourth-order valence-electron chi connectivity index (χ4n) is 3.51. The van der Waals surface area contributed by atoms with Gasteiger partial charge in [0.15, 0.2) is 5.96 Å². The van der Waals surface area contributed by atoms with Gasteiger partial charge < -0.3 is 10.6 Å². The summed E-state index contributed by atoms with van der Waals surface area (Å²) in [6.45, 7) is 4.62. The summed E-state index contributed by atoms with van der Waals surface area (Å²) in [6, 6.07) is 14.5. The Morgan fingerprint density at radius 2 is 2.07 bits per heavy atom. The van der Waals surface area contributed by atoms with Crippen molar-refractivity contribution in [3.63, 3.8) is 0 Å². The maximum absolute atomic E-state index is 13.7. The molecule has 2 aromatic rings. The molecule has 1 aliphatic rings. The normalized spacial score (nSPS) is 21.1. The van der Waals surface area contributed by atoms with E-state index in [1.165, 1.54) is 11.6 Å². The molecule has 27 heavy (non-hydrogen) atoms. The fraction of sp³-hybridized carbons (Fsp3) is 0.429. The molecule has 144 valence electrons. The molecule has 5 nitrogen and oxygen atoms in total. The van der Waals surface area contributed by atoms with Gasteiger partial charge in [-0.25, -0.2) is 4.39 Å². The highest BCUT2D eigenvalue weighted by molar-refractivity contribution is 5.79. The Morgan fingerprint density at radius 3 is 2.78 bits per heavy atom. The summed E-state index contributed by atoms with van der Waals surface area (Å²) >= 11 is 0. The molecule has 2 unspecified atom stereocenters. The molecule has 0 bridgehead atoms. The molecule has 0 aliphatic carbocycles. The number of piperidine rings is 1. The maximum atomic E-state index is 13.7. The molecule has 1 aliphatic heterocycles. The standard InChI is InChI=1S/C21H28FN5/c1-16-13-18(10-12-27(16)15-17-7-4-3-5-8-17)26-21(23-2)25-14-20-19(22)9-6-11-24-20/h3-9,11,16,18H,10,12-15H2,1-2H3,(H2,23,25,26). The van der Waals surface area contributed by atoms with E-state index < -0.39 is 0 Å². The van der Waals surface area contributed by atoms with Gasteiger partial charge in [0.1, 0.15) is 5.82 Å². The number of guanidine groups is 1. The van der Waals surface area contributed by atoms with Crippen molar-refractivity contribution in [2.75, 3.05) is 13.6 Å². The number of hydrogen-bond acceptors (Lipinski definition) is 3. The van der Waals surface area contributed by atoms with Crippen LogP contribution in [0.3, 0.4) is 0 Å². The molecule has 1 fully saturated rings. The van der Waals surface area contributed by atoms with E-state index in [0.717, 1.165) is 25.9 Å². The van der Waals surface area contributed by atoms with Crippen LogP contribution < -0.4 is 10.6 Å². The third kappa shape index (κ3) is 5.50. The summed E-state index contributed by atoms with van der Waals surface area (Å²) in [7, 11) is 1.73. The minimum absolute atomic E-state index is 0.303. The minimum atomic E-state index is -0.303. The third-order valence-corrected chi connectivity index (χ3v) is 5.06. The zero-order chi connectivity index (χ0) is 19.1. The first-order valence-electron chi connectivity index (χ1n) is 9.50. The minimum Gasteiger partial charge on any atom is -0.354 e. The van der Waals surface area contributed by atoms with Gasteiger partial charge in [-0.1, -0.05) is 30.3 Å². The summed E-state index contributed by atoms with van der Waals surface area (Å²) in [4.78, 5) is 10.9. The highest BCUT2D eigenvalue weighted by Gasteiger charge is 2.26. The maximum Gasteiger partial charge on any atom is 0.191 e. The van der Waals surface area contributed by atoms with E-state index in [1.54, 1.807) is 19.3 Å². The van der Waals surface area contributed by atoms with Crippen LogP contribution in [0.1, 0.15) is 31.0 Å². The number of aromatic nitrogens is 1. The predicted octanol–water partition coefficient (Wildman–Crippen LogP) is 2.94. The molecular weight excluding hydrogens is 341 g/mol. The molecule has 2 atom stereocenters. The zero-order valence-electron chi connectivity index (χ0n) is 16.0. The first kappa shape index (κ1) is 19.3. The number of rotatable bonds is 5. The average Bonchev–Trinajstić information content (AvgIpc) is 2.69. The highest BCUT2D eigenvalue weighted by atomic mass is 19.1. The lowest BCUT2D eigenvalue weighted by Crippen LogP contribution is -2.51. The lowest BCUT2D eigenvalue weighted by atomic mass is 9.97. The van der Waals surface area contributed by atoms with Crippen LogP contribution in [0.4, 0.5) is 4.39 Å². The van der Waals surface area contributed by atoms with E-state index in [2.05, 4.69) is 62.8 Å². The van der Waals surface area contributed by atoms with Crippen LogP contribution >= 0.6 is 0 Å². The number of nitrogens with zero attached hydrogens (tertiary/aromatic N) is 3. The van der Waals surface area contributed by atoms with Gasteiger partial charge in [-0.3, -0.25) is 14.9 Å². The number of halogens is 1. The SMILES string of the molecule is CN=C(NCc1ncccc1F)NC1CCN(Cc2ccccc2)C(C)C1. The number of hydrogen-bond donors (Lipinski definition) is 2. The van der Waals surface area contributed by atoms with Gasteiger partial charge in [0.2, 0.25) is 0 Å². The molecule has 0 saturated carbocycles. The van der Waals surface area contributed by atoms with Crippen LogP contribution in [-0.4, -0.2) is 41.5 Å². The smallest absolute Gasteiger partial charge is 0.191 e. The number of pyridine rings is 1. The molecule has 2 N–H and O–H groups in total. The average molecular weight is 369 g/mol. The van der Waals surface area contributed by atoms with Gasteiger partial charge in [0.05, 0.1) is 12.2 Å². The van der Waals surface area contributed by atoms with Crippen molar-refractivity contribution >= 4 is 5.96 Å². The van der Waals surface area contributed by atoms with Gasteiger partial charge in [-0.05, 0) is 37.5 Å². The zero-order valence-corrected chi connectivity index (χ0v) is 16.0. The van der Waals surface area contributed by atoms with Gasteiger partial charge in [0.25, 0.3) is 0 Å². The molecule has 0 radical (unpaired) electrons. The molecule has 3 rings (SSSR count). The van der Waals surface area contributed by atoms with Gasteiger partial charge >= 0.3 is 0 Å². The first-order valence-corrected chi connectivity index (χ1v) is 9.50. The van der Waals surface area contributed by atoms with Crippen LogP contribution in [0.25, 0.3) is 0 Å². The van der Waals surface area contributed by atoms with Gasteiger partial charge in [0, 0.05) is 38.4 Å². The number of benzene rings is 1. The molecule has 1 aromatic carbocycles. The summed E-state index contributed by atoms with van der Waals surface area (Å²) in [5.41, 5.74) is 1.75. The Kier molecular flexibility index (Phi) is 6.76. The van der Waals surface area contributed by atoms with E-state index >= 15 is 0 Å². The van der Waals surface area contributed by atoms with Crippen molar-refractivity contribution in [1.82, 2.24) is 20.5 Å². The largest absolute Gasteiger partial charge is 0.354 e. The van der Waals surface area contributed by atoms with Crippen molar-refractivity contribution in [2.24, 2.45) is 4.99 Å². The van der Waals surface area contributed by atoms with Crippen LogP contribution in [-0.2, 0) is 13.1 Å². The molecule has 0 amide bonds. The quantitative estimate of drug-likeness (QED) is 0.629. The third-order valence-electron chi connectivity index (χ3n) is 5.06. The van der Waals surface area contributed by atoms with Crippen LogP contribution in [0.5, 0.6) is 0 Å². The van der Waals surface area contributed by atoms with Crippen LogP contribution in [0.15, 0.2) is 53.7 Å². The second-order valence-electron chi connectivity index (χ2n) is 7.03. The van der Waals surface area contributed by atoms with Crippen molar-refractivity contribution in [3.05, 3.63) is 65.7 Å². The van der Waals surface area contributed by atoms with E-state index in [0.29, 0.717) is 30.3 Å². The molecule has 1 aromatic heterocycles. The topological polar surface area (TPSA) is 52.6 Å². The second-order valence-corrected chi connectivity index (χ2v) is 7.03. The Labute approximate surface area is 160 Å². The Bertz CT molecular complexity index is 749. The molecular formula is C21H28FN5. The number of likely N-dealkylation sites (tertiary alicyclic amines) is 1. The lowest BCUT2D eigenvalue weighted by molar-refractivity contribution is 0.134. The van der Waals surface area contributed by atoms with Crippen molar-refractivity contribution in [2.45, 2.75) is 44.9 Å².